The normalized spacial score (nSPS) is 21.8. The van der Waals surface area contributed by atoms with Gasteiger partial charge in [-0.15, -0.1) is 0 Å². The van der Waals surface area contributed by atoms with E-state index in [4.69, 9.17) is 4.74 Å². The first-order valence-electron chi connectivity index (χ1n) is 7.15. The van der Waals surface area contributed by atoms with E-state index in [1.165, 1.54) is 36.8 Å². The van der Waals surface area contributed by atoms with Crippen molar-refractivity contribution in [2.45, 2.75) is 51.2 Å². The van der Waals surface area contributed by atoms with Gasteiger partial charge < -0.3 is 10.1 Å². The maximum Gasteiger partial charge on any atom is 0.0575 e. The highest BCUT2D eigenvalue weighted by Crippen LogP contribution is 2.24. The predicted molar refractivity (Wildman–Crippen MR) is 75.8 cm³/mol. The topological polar surface area (TPSA) is 21.3 Å². The Balaban J connectivity index is 1.88. The Labute approximate surface area is 111 Å². The summed E-state index contributed by atoms with van der Waals surface area (Å²) in [6.07, 6.45) is 6.62. The lowest BCUT2D eigenvalue weighted by molar-refractivity contribution is 0.00866. The average molecular weight is 247 g/mol. The minimum Gasteiger partial charge on any atom is -0.378 e. The number of rotatable bonds is 5. The van der Waals surface area contributed by atoms with Gasteiger partial charge >= 0.3 is 0 Å². The summed E-state index contributed by atoms with van der Waals surface area (Å²) in [6.45, 7) is 3.11. The second-order valence-corrected chi connectivity index (χ2v) is 5.32. The van der Waals surface area contributed by atoms with Crippen molar-refractivity contribution in [3.8, 4) is 0 Å². The molecule has 1 aliphatic heterocycles. The van der Waals surface area contributed by atoms with Gasteiger partial charge in [0.25, 0.3) is 0 Å². The highest BCUT2D eigenvalue weighted by molar-refractivity contribution is 5.25. The molecule has 2 rings (SSSR count). The van der Waals surface area contributed by atoms with Gasteiger partial charge in [-0.2, -0.15) is 0 Å². The quantitative estimate of drug-likeness (QED) is 0.858. The second kappa shape index (κ2) is 6.91. The summed E-state index contributed by atoms with van der Waals surface area (Å²) >= 11 is 0. The summed E-state index contributed by atoms with van der Waals surface area (Å²) in [6, 6.07) is 9.25. The zero-order chi connectivity index (χ0) is 12.8. The summed E-state index contributed by atoms with van der Waals surface area (Å²) in [5.74, 6) is 0. The van der Waals surface area contributed by atoms with Crippen LogP contribution in [0, 0.1) is 6.92 Å². The van der Waals surface area contributed by atoms with Crippen LogP contribution < -0.4 is 5.32 Å². The molecule has 0 bridgehead atoms. The summed E-state index contributed by atoms with van der Waals surface area (Å²) < 4.78 is 5.80. The van der Waals surface area contributed by atoms with E-state index in [-0.39, 0.29) is 0 Å². The maximum absolute atomic E-state index is 5.80. The number of nitrogens with one attached hydrogen (secondary N) is 1. The molecule has 1 heterocycles. The van der Waals surface area contributed by atoms with Crippen molar-refractivity contribution in [1.82, 2.24) is 5.32 Å². The van der Waals surface area contributed by atoms with Crippen LogP contribution in [-0.4, -0.2) is 19.8 Å². The molecule has 0 radical (unpaired) electrons. The van der Waals surface area contributed by atoms with Gasteiger partial charge in [-0.05, 0) is 51.6 Å². The van der Waals surface area contributed by atoms with Crippen LogP contribution >= 0.6 is 0 Å². The molecule has 0 spiro atoms. The van der Waals surface area contributed by atoms with Crippen molar-refractivity contribution in [3.05, 3.63) is 35.4 Å². The zero-order valence-corrected chi connectivity index (χ0v) is 11.6. The fraction of sp³-hybridized carbons (Fsp3) is 0.625. The standard InChI is InChI=1S/C16H25NO/c1-13-6-5-7-14(12-13)16(17-2)10-9-15-8-3-4-11-18-15/h5-7,12,15-17H,3-4,8-11H2,1-2H3. The van der Waals surface area contributed by atoms with E-state index >= 15 is 0 Å². The molecule has 2 nitrogen and oxygen atoms in total. The molecule has 1 aromatic carbocycles. The van der Waals surface area contributed by atoms with E-state index in [1.807, 2.05) is 0 Å². The Kier molecular flexibility index (Phi) is 5.21. The van der Waals surface area contributed by atoms with Crippen LogP contribution in [-0.2, 0) is 4.74 Å². The van der Waals surface area contributed by atoms with E-state index in [2.05, 4.69) is 43.6 Å². The number of hydrogen-bond donors (Lipinski definition) is 1. The molecule has 1 aromatic rings. The number of hydrogen-bond acceptors (Lipinski definition) is 2. The molecular formula is C16H25NO. The molecule has 18 heavy (non-hydrogen) atoms. The van der Waals surface area contributed by atoms with Crippen molar-refractivity contribution in [2.75, 3.05) is 13.7 Å². The van der Waals surface area contributed by atoms with E-state index in [0.717, 1.165) is 13.0 Å². The lowest BCUT2D eigenvalue weighted by Crippen LogP contribution is -2.23. The fourth-order valence-electron chi connectivity index (χ4n) is 2.75. The molecule has 1 saturated heterocycles. The van der Waals surface area contributed by atoms with Gasteiger partial charge in [-0.1, -0.05) is 29.8 Å². The third-order valence-electron chi connectivity index (χ3n) is 3.84. The van der Waals surface area contributed by atoms with Crippen molar-refractivity contribution in [1.29, 1.82) is 0 Å². The zero-order valence-electron chi connectivity index (χ0n) is 11.6. The Morgan fingerprint density at radius 1 is 1.39 bits per heavy atom. The number of ether oxygens (including phenoxy) is 1. The first kappa shape index (κ1) is 13.6. The SMILES string of the molecule is CNC(CCC1CCCCO1)c1cccc(C)c1. The molecule has 0 aliphatic carbocycles. The summed E-state index contributed by atoms with van der Waals surface area (Å²) in [4.78, 5) is 0. The maximum atomic E-state index is 5.80. The van der Waals surface area contributed by atoms with Gasteiger partial charge in [0.05, 0.1) is 6.10 Å². The molecule has 0 aromatic heterocycles. The summed E-state index contributed by atoms with van der Waals surface area (Å²) in [7, 11) is 2.05. The van der Waals surface area contributed by atoms with Crippen LogP contribution in [0.15, 0.2) is 24.3 Å². The first-order chi connectivity index (χ1) is 8.79. The smallest absolute Gasteiger partial charge is 0.0575 e. The third-order valence-corrected chi connectivity index (χ3v) is 3.84. The van der Waals surface area contributed by atoms with Crippen LogP contribution in [0.25, 0.3) is 0 Å². The van der Waals surface area contributed by atoms with Crippen molar-refractivity contribution >= 4 is 0 Å². The molecule has 2 heteroatoms. The highest BCUT2D eigenvalue weighted by Gasteiger charge is 2.16. The number of aryl methyl sites for hydroxylation is 1. The highest BCUT2D eigenvalue weighted by atomic mass is 16.5. The average Bonchev–Trinajstić information content (AvgIpc) is 2.41. The van der Waals surface area contributed by atoms with Crippen molar-refractivity contribution in [3.63, 3.8) is 0 Å². The summed E-state index contributed by atoms with van der Waals surface area (Å²) in [5, 5.41) is 3.43. The van der Waals surface area contributed by atoms with Crippen LogP contribution in [0.5, 0.6) is 0 Å². The Morgan fingerprint density at radius 3 is 2.94 bits per heavy atom. The van der Waals surface area contributed by atoms with E-state index in [1.54, 1.807) is 0 Å². The van der Waals surface area contributed by atoms with E-state index < -0.39 is 0 Å². The van der Waals surface area contributed by atoms with Gasteiger partial charge in [0.1, 0.15) is 0 Å². The van der Waals surface area contributed by atoms with Crippen LogP contribution in [0.1, 0.15) is 49.3 Å². The largest absolute Gasteiger partial charge is 0.378 e. The van der Waals surface area contributed by atoms with Crippen molar-refractivity contribution < 1.29 is 4.74 Å². The lowest BCUT2D eigenvalue weighted by Gasteiger charge is -2.25. The van der Waals surface area contributed by atoms with Crippen LogP contribution in [0.4, 0.5) is 0 Å². The van der Waals surface area contributed by atoms with Gasteiger partial charge in [0.2, 0.25) is 0 Å². The fourth-order valence-corrected chi connectivity index (χ4v) is 2.75. The van der Waals surface area contributed by atoms with Gasteiger partial charge in [0, 0.05) is 12.6 Å². The molecule has 1 aliphatic rings. The predicted octanol–water partition coefficient (Wildman–Crippen LogP) is 3.60. The molecule has 0 saturated carbocycles. The van der Waals surface area contributed by atoms with Crippen molar-refractivity contribution in [2.24, 2.45) is 0 Å². The molecule has 1 fully saturated rings. The Hall–Kier alpha value is -0.860. The summed E-state index contributed by atoms with van der Waals surface area (Å²) in [5.41, 5.74) is 2.73. The van der Waals surface area contributed by atoms with Crippen LogP contribution in [0.3, 0.4) is 0 Å². The van der Waals surface area contributed by atoms with E-state index in [9.17, 15) is 0 Å². The lowest BCUT2D eigenvalue weighted by atomic mass is 9.96. The molecule has 100 valence electrons. The monoisotopic (exact) mass is 247 g/mol. The molecular weight excluding hydrogens is 222 g/mol. The van der Waals surface area contributed by atoms with Gasteiger partial charge in [-0.3, -0.25) is 0 Å². The van der Waals surface area contributed by atoms with E-state index in [0.29, 0.717) is 12.1 Å². The van der Waals surface area contributed by atoms with Crippen LogP contribution in [0.2, 0.25) is 0 Å². The van der Waals surface area contributed by atoms with Gasteiger partial charge in [-0.25, -0.2) is 0 Å². The Morgan fingerprint density at radius 2 is 2.28 bits per heavy atom. The minimum absolute atomic E-state index is 0.454. The Bertz CT molecular complexity index is 358. The third kappa shape index (κ3) is 3.82. The molecule has 2 unspecified atom stereocenters. The number of benzene rings is 1. The van der Waals surface area contributed by atoms with Gasteiger partial charge in [0.15, 0.2) is 0 Å². The second-order valence-electron chi connectivity index (χ2n) is 5.32. The molecule has 2 atom stereocenters. The molecule has 0 amide bonds. The minimum atomic E-state index is 0.454. The first-order valence-corrected chi connectivity index (χ1v) is 7.15. The molecule has 1 N–H and O–H groups in total.